The molecule has 0 bridgehead atoms. The Morgan fingerprint density at radius 3 is 2.44 bits per heavy atom. The summed E-state index contributed by atoms with van der Waals surface area (Å²) >= 11 is 0. The monoisotopic (exact) mass is 444 g/mol. The van der Waals surface area contributed by atoms with Crippen molar-refractivity contribution in [3.63, 3.8) is 0 Å². The number of carbonyl (C=O) groups excluding carboxylic acids is 1. The topological polar surface area (TPSA) is 38.8 Å². The average molecular weight is 445 g/mol. The zero-order chi connectivity index (χ0) is 22.9. The van der Waals surface area contributed by atoms with Gasteiger partial charge in [0.2, 0.25) is 5.79 Å². The van der Waals surface area contributed by atoms with E-state index in [1.165, 1.54) is 64.7 Å². The van der Waals surface area contributed by atoms with Gasteiger partial charge in [0.15, 0.2) is 0 Å². The lowest BCUT2D eigenvalue weighted by atomic mass is 9.44. The average Bonchev–Trinajstić information content (AvgIpc) is 3.23. The van der Waals surface area contributed by atoms with Crippen LogP contribution in [0.5, 0.6) is 0 Å². The van der Waals surface area contributed by atoms with Crippen LogP contribution in [0, 0.1) is 52.3 Å². The first-order chi connectivity index (χ1) is 15.1. The third-order valence-electron chi connectivity index (χ3n) is 11.5. The van der Waals surface area contributed by atoms with E-state index in [1.807, 2.05) is 0 Å². The first kappa shape index (κ1) is 23.2. The van der Waals surface area contributed by atoms with Gasteiger partial charge in [-0.3, -0.25) is 4.79 Å². The van der Waals surface area contributed by atoms with E-state index in [0.717, 1.165) is 48.3 Å². The Kier molecular flexibility index (Phi) is 5.79. The van der Waals surface area contributed by atoms with Crippen LogP contribution in [0.3, 0.4) is 0 Å². The molecular formula is C29H48O3. The van der Waals surface area contributed by atoms with Crippen LogP contribution in [0.25, 0.3) is 0 Å². The van der Waals surface area contributed by atoms with Crippen molar-refractivity contribution in [1.29, 1.82) is 0 Å². The molecule has 0 aromatic carbocycles. The van der Waals surface area contributed by atoms with E-state index in [4.69, 9.17) is 9.47 Å². The van der Waals surface area contributed by atoms with Crippen molar-refractivity contribution < 1.29 is 14.3 Å². The number of rotatable bonds is 6. The van der Waals surface area contributed by atoms with Crippen LogP contribution >= 0.6 is 0 Å². The summed E-state index contributed by atoms with van der Waals surface area (Å²) in [5.41, 5.74) is 0.934. The molecule has 0 radical (unpaired) electrons. The highest BCUT2D eigenvalue weighted by molar-refractivity contribution is 5.66. The van der Waals surface area contributed by atoms with Crippen LogP contribution in [0.4, 0.5) is 0 Å². The van der Waals surface area contributed by atoms with Gasteiger partial charge in [-0.2, -0.15) is 0 Å². The summed E-state index contributed by atoms with van der Waals surface area (Å²) in [5.74, 6) is 5.23. The largest absolute Gasteiger partial charge is 0.430 e. The molecule has 1 saturated heterocycles. The quantitative estimate of drug-likeness (QED) is 0.317. The van der Waals surface area contributed by atoms with Crippen molar-refractivity contribution in [3.8, 4) is 0 Å². The predicted octanol–water partition coefficient (Wildman–Crippen LogP) is 7.38. The fraction of sp³-hybridized carbons (Fsp3) is 0.966. The molecule has 6 unspecified atom stereocenters. The van der Waals surface area contributed by atoms with Gasteiger partial charge >= 0.3 is 5.97 Å². The first-order valence-electron chi connectivity index (χ1n) is 14.0. The highest BCUT2D eigenvalue weighted by Crippen LogP contribution is 2.71. The highest BCUT2D eigenvalue weighted by atomic mass is 16.8. The molecule has 0 amide bonds. The second-order valence-electron chi connectivity index (χ2n) is 13.6. The maximum Gasteiger partial charge on any atom is 0.305 e. The highest BCUT2D eigenvalue weighted by Gasteiger charge is 2.71. The maximum absolute atomic E-state index is 11.7. The van der Waals surface area contributed by atoms with Crippen LogP contribution < -0.4 is 0 Å². The molecule has 5 aliphatic rings. The summed E-state index contributed by atoms with van der Waals surface area (Å²) in [4.78, 5) is 11.7. The molecule has 32 heavy (non-hydrogen) atoms. The van der Waals surface area contributed by atoms with Gasteiger partial charge in [0.1, 0.15) is 6.10 Å². The van der Waals surface area contributed by atoms with Gasteiger partial charge < -0.3 is 9.47 Å². The van der Waals surface area contributed by atoms with Crippen molar-refractivity contribution >= 4 is 5.97 Å². The molecular weight excluding hydrogens is 396 g/mol. The molecule has 4 saturated carbocycles. The second kappa shape index (κ2) is 7.99. The SMILES string of the molecule is CC(=O)O[C@]12C[C@@H]3CCC4C5CCC([C@H](C)CCCC(C)C)C5(C)CCC4C3(C)C[C@H]1O2. The van der Waals surface area contributed by atoms with Gasteiger partial charge in [-0.05, 0) is 97.2 Å². The summed E-state index contributed by atoms with van der Waals surface area (Å²) in [6.07, 6.45) is 14.9. The molecule has 3 heteroatoms. The van der Waals surface area contributed by atoms with E-state index in [9.17, 15) is 4.79 Å². The lowest BCUT2D eigenvalue weighted by Gasteiger charge is -2.60. The molecule has 1 aliphatic heterocycles. The Morgan fingerprint density at radius 1 is 0.969 bits per heavy atom. The van der Waals surface area contributed by atoms with E-state index in [1.54, 1.807) is 0 Å². The molecule has 5 rings (SSSR count). The lowest BCUT2D eigenvalue weighted by molar-refractivity contribution is -0.168. The maximum atomic E-state index is 11.7. The summed E-state index contributed by atoms with van der Waals surface area (Å²) < 4.78 is 11.8. The van der Waals surface area contributed by atoms with Crippen molar-refractivity contribution in [2.24, 2.45) is 52.3 Å². The Hall–Kier alpha value is -0.570. The minimum atomic E-state index is -0.560. The normalized spacial score (nSPS) is 50.1. The van der Waals surface area contributed by atoms with E-state index in [2.05, 4.69) is 34.6 Å². The lowest BCUT2D eigenvalue weighted by Crippen LogP contribution is -2.55. The van der Waals surface area contributed by atoms with E-state index < -0.39 is 5.79 Å². The summed E-state index contributed by atoms with van der Waals surface area (Å²) in [5, 5.41) is 0. The molecule has 5 fully saturated rings. The number of epoxide rings is 1. The van der Waals surface area contributed by atoms with Crippen LogP contribution in [-0.4, -0.2) is 17.9 Å². The Bertz CT molecular complexity index is 732. The fourth-order valence-electron chi connectivity index (χ4n) is 9.91. The van der Waals surface area contributed by atoms with Crippen LogP contribution in [0.1, 0.15) is 112 Å². The van der Waals surface area contributed by atoms with Crippen molar-refractivity contribution in [1.82, 2.24) is 0 Å². The molecule has 182 valence electrons. The Balaban J connectivity index is 1.28. The van der Waals surface area contributed by atoms with Crippen LogP contribution in [0.2, 0.25) is 0 Å². The van der Waals surface area contributed by atoms with Gasteiger partial charge in [-0.1, -0.05) is 53.9 Å². The number of carbonyl (C=O) groups is 1. The minimum absolute atomic E-state index is 0.150. The molecule has 0 spiro atoms. The predicted molar refractivity (Wildman–Crippen MR) is 128 cm³/mol. The first-order valence-corrected chi connectivity index (χ1v) is 14.0. The van der Waals surface area contributed by atoms with Crippen molar-refractivity contribution in [2.45, 2.75) is 124 Å². The Morgan fingerprint density at radius 2 is 1.72 bits per heavy atom. The summed E-state index contributed by atoms with van der Waals surface area (Å²) in [7, 11) is 0. The number of fused-ring (bicyclic) bond motifs is 6. The molecule has 0 N–H and O–H groups in total. The van der Waals surface area contributed by atoms with Gasteiger partial charge in [0, 0.05) is 13.3 Å². The smallest absolute Gasteiger partial charge is 0.305 e. The Labute approximate surface area is 196 Å². The third-order valence-corrected chi connectivity index (χ3v) is 11.5. The molecule has 0 aromatic rings. The molecule has 4 aliphatic carbocycles. The molecule has 0 aromatic heterocycles. The van der Waals surface area contributed by atoms with Gasteiger partial charge in [0.05, 0.1) is 0 Å². The van der Waals surface area contributed by atoms with Crippen LogP contribution in [-0.2, 0) is 14.3 Å². The summed E-state index contributed by atoms with van der Waals surface area (Å²) in [6.45, 7) is 14.1. The van der Waals surface area contributed by atoms with E-state index >= 15 is 0 Å². The van der Waals surface area contributed by atoms with Gasteiger partial charge in [0.25, 0.3) is 0 Å². The second-order valence-corrected chi connectivity index (χ2v) is 13.6. The zero-order valence-corrected chi connectivity index (χ0v) is 21.6. The van der Waals surface area contributed by atoms with Gasteiger partial charge in [-0.15, -0.1) is 0 Å². The van der Waals surface area contributed by atoms with E-state index in [0.29, 0.717) is 16.7 Å². The molecule has 3 nitrogen and oxygen atoms in total. The number of esters is 1. The third kappa shape index (κ3) is 3.59. The molecule has 10 atom stereocenters. The number of hydrogen-bond acceptors (Lipinski definition) is 3. The van der Waals surface area contributed by atoms with Gasteiger partial charge in [-0.25, -0.2) is 0 Å². The standard InChI is InChI=1S/C29H48O3/c1-18(2)8-7-9-19(3)23-12-13-24-22-11-10-21-16-29(31-20(4)30)26(32-29)17-28(21,6)25(22)14-15-27(23,24)5/h18-19,21-26H,7-17H2,1-6H3/t19-,21+,22?,23?,24?,25?,26-,27?,28?,29+/m1/s1. The molecule has 1 heterocycles. The van der Waals surface area contributed by atoms with E-state index in [-0.39, 0.29) is 12.1 Å². The number of hydrogen-bond donors (Lipinski definition) is 0. The number of ether oxygens (including phenoxy) is 2. The van der Waals surface area contributed by atoms with Crippen molar-refractivity contribution in [2.75, 3.05) is 0 Å². The van der Waals surface area contributed by atoms with Crippen molar-refractivity contribution in [3.05, 3.63) is 0 Å². The van der Waals surface area contributed by atoms with Crippen LogP contribution in [0.15, 0.2) is 0 Å². The fourth-order valence-corrected chi connectivity index (χ4v) is 9.91. The summed E-state index contributed by atoms with van der Waals surface area (Å²) in [6, 6.07) is 0. The minimum Gasteiger partial charge on any atom is -0.430 e. The zero-order valence-electron chi connectivity index (χ0n) is 21.6.